The van der Waals surface area contributed by atoms with Crippen LogP contribution < -0.4 is 4.90 Å². The van der Waals surface area contributed by atoms with Gasteiger partial charge in [-0.05, 0) is 19.1 Å². The van der Waals surface area contributed by atoms with Crippen molar-refractivity contribution in [3.05, 3.63) is 41.4 Å². The molecule has 27 heavy (non-hydrogen) atoms. The van der Waals surface area contributed by atoms with Gasteiger partial charge < -0.3 is 4.52 Å². The smallest absolute Gasteiger partial charge is 0.339 e. The molecule has 0 radical (unpaired) electrons. The minimum absolute atomic E-state index is 0.00882. The van der Waals surface area contributed by atoms with Gasteiger partial charge >= 0.3 is 6.18 Å². The summed E-state index contributed by atoms with van der Waals surface area (Å²) < 4.78 is 43.6. The standard InChI is InChI=1S/C16H14F3N5O2S/c1-10-8-27-15(21-10)24(9-16(17,18)19)13(25)6-5-12-22-14(23-26-12)11-4-2-3-7-20-11/h2-4,7-8H,5-6,9H2,1H3. The molecule has 0 fully saturated rings. The second-order valence-corrected chi connectivity index (χ2v) is 6.43. The fourth-order valence-corrected chi connectivity index (χ4v) is 3.03. The Morgan fingerprint density at radius 2 is 2.11 bits per heavy atom. The van der Waals surface area contributed by atoms with Crippen LogP contribution in [0.5, 0.6) is 0 Å². The number of thiazole rings is 1. The Bertz CT molecular complexity index is 910. The van der Waals surface area contributed by atoms with Crippen LogP contribution in [-0.4, -0.2) is 38.7 Å². The molecular weight excluding hydrogens is 383 g/mol. The van der Waals surface area contributed by atoms with E-state index in [0.717, 1.165) is 11.3 Å². The lowest BCUT2D eigenvalue weighted by molar-refractivity contribution is -0.132. The fourth-order valence-electron chi connectivity index (χ4n) is 2.21. The molecule has 0 bridgehead atoms. The number of nitrogens with zero attached hydrogens (tertiary/aromatic N) is 5. The van der Waals surface area contributed by atoms with E-state index in [1.54, 1.807) is 36.7 Å². The van der Waals surface area contributed by atoms with Crippen molar-refractivity contribution in [2.45, 2.75) is 25.9 Å². The average molecular weight is 397 g/mol. The van der Waals surface area contributed by atoms with Crippen molar-refractivity contribution in [1.29, 1.82) is 0 Å². The Morgan fingerprint density at radius 3 is 2.74 bits per heavy atom. The Labute approximate surface area is 155 Å². The Hall–Kier alpha value is -2.82. The minimum Gasteiger partial charge on any atom is -0.339 e. The highest BCUT2D eigenvalue weighted by Gasteiger charge is 2.35. The highest BCUT2D eigenvalue weighted by atomic mass is 32.1. The van der Waals surface area contributed by atoms with E-state index >= 15 is 0 Å². The maximum absolute atomic E-state index is 12.8. The van der Waals surface area contributed by atoms with Gasteiger partial charge in [-0.1, -0.05) is 11.2 Å². The van der Waals surface area contributed by atoms with Crippen molar-refractivity contribution in [3.63, 3.8) is 0 Å². The number of amides is 1. The van der Waals surface area contributed by atoms with Crippen LogP contribution in [-0.2, 0) is 11.2 Å². The lowest BCUT2D eigenvalue weighted by Gasteiger charge is -2.21. The van der Waals surface area contributed by atoms with Crippen LogP contribution in [0, 0.1) is 6.92 Å². The number of hydrogen-bond acceptors (Lipinski definition) is 7. The van der Waals surface area contributed by atoms with Gasteiger partial charge in [-0.2, -0.15) is 18.2 Å². The van der Waals surface area contributed by atoms with Gasteiger partial charge in [-0.25, -0.2) is 4.98 Å². The summed E-state index contributed by atoms with van der Waals surface area (Å²) >= 11 is 0.984. The van der Waals surface area contributed by atoms with Crippen molar-refractivity contribution < 1.29 is 22.5 Å². The predicted molar refractivity (Wildman–Crippen MR) is 91.1 cm³/mol. The third-order valence-electron chi connectivity index (χ3n) is 3.39. The molecule has 7 nitrogen and oxygen atoms in total. The summed E-state index contributed by atoms with van der Waals surface area (Å²) in [6, 6.07) is 5.18. The highest BCUT2D eigenvalue weighted by molar-refractivity contribution is 7.14. The van der Waals surface area contributed by atoms with E-state index in [2.05, 4.69) is 20.1 Å². The van der Waals surface area contributed by atoms with Gasteiger partial charge in [0.25, 0.3) is 0 Å². The molecule has 0 aliphatic carbocycles. The van der Waals surface area contributed by atoms with Crippen LogP contribution >= 0.6 is 11.3 Å². The molecule has 0 unspecified atom stereocenters. The van der Waals surface area contributed by atoms with Gasteiger partial charge in [-0.3, -0.25) is 14.7 Å². The molecule has 11 heteroatoms. The van der Waals surface area contributed by atoms with Crippen molar-refractivity contribution in [3.8, 4) is 11.5 Å². The van der Waals surface area contributed by atoms with Crippen LogP contribution in [0.25, 0.3) is 11.5 Å². The Balaban J connectivity index is 1.68. The number of carbonyl (C=O) groups excluding carboxylic acids is 1. The van der Waals surface area contributed by atoms with Gasteiger partial charge in [0, 0.05) is 24.4 Å². The maximum Gasteiger partial charge on any atom is 0.406 e. The molecule has 0 atom stereocenters. The zero-order valence-electron chi connectivity index (χ0n) is 14.1. The molecular formula is C16H14F3N5O2S. The number of alkyl halides is 3. The topological polar surface area (TPSA) is 85.0 Å². The summed E-state index contributed by atoms with van der Waals surface area (Å²) in [5.41, 5.74) is 1.04. The van der Waals surface area contributed by atoms with Crippen LogP contribution in [0.15, 0.2) is 34.3 Å². The lowest BCUT2D eigenvalue weighted by atomic mass is 10.2. The number of pyridine rings is 1. The molecule has 0 aromatic carbocycles. The number of rotatable bonds is 6. The average Bonchev–Trinajstić information content (AvgIpc) is 3.27. The van der Waals surface area contributed by atoms with Gasteiger partial charge in [0.05, 0.1) is 5.69 Å². The largest absolute Gasteiger partial charge is 0.406 e. The third kappa shape index (κ3) is 5.09. The second kappa shape index (κ2) is 7.82. The number of aryl methyl sites for hydroxylation is 2. The summed E-state index contributed by atoms with van der Waals surface area (Å²) in [6.07, 6.45) is -3.18. The molecule has 3 aromatic heterocycles. The zero-order chi connectivity index (χ0) is 19.4. The molecule has 0 aliphatic rings. The summed E-state index contributed by atoms with van der Waals surface area (Å²) in [5.74, 6) is -0.328. The monoisotopic (exact) mass is 397 g/mol. The Morgan fingerprint density at radius 1 is 1.30 bits per heavy atom. The van der Waals surface area contributed by atoms with E-state index in [1.807, 2.05) is 0 Å². The first-order chi connectivity index (χ1) is 12.8. The van der Waals surface area contributed by atoms with Gasteiger partial charge in [0.1, 0.15) is 12.2 Å². The van der Waals surface area contributed by atoms with E-state index in [-0.39, 0.29) is 29.7 Å². The first-order valence-electron chi connectivity index (χ1n) is 7.85. The van der Waals surface area contributed by atoms with Crippen molar-refractivity contribution >= 4 is 22.4 Å². The van der Waals surface area contributed by atoms with E-state index < -0.39 is 18.6 Å². The van der Waals surface area contributed by atoms with Gasteiger partial charge in [0.15, 0.2) is 5.13 Å². The van der Waals surface area contributed by atoms with Crippen LogP contribution in [0.3, 0.4) is 0 Å². The normalized spacial score (nSPS) is 11.6. The van der Waals surface area contributed by atoms with Crippen LogP contribution in [0.4, 0.5) is 18.3 Å². The predicted octanol–water partition coefficient (Wildman–Crippen LogP) is 3.42. The Kier molecular flexibility index (Phi) is 5.49. The first kappa shape index (κ1) is 19.0. The first-order valence-corrected chi connectivity index (χ1v) is 8.73. The van der Waals surface area contributed by atoms with Gasteiger partial charge in [0.2, 0.25) is 17.6 Å². The second-order valence-electron chi connectivity index (χ2n) is 5.59. The molecule has 3 rings (SSSR count). The number of anilines is 1. The number of aromatic nitrogens is 4. The fraction of sp³-hybridized carbons (Fsp3) is 0.312. The lowest BCUT2D eigenvalue weighted by Crippen LogP contribution is -2.39. The summed E-state index contributed by atoms with van der Waals surface area (Å²) in [6.45, 7) is 0.246. The molecule has 0 saturated carbocycles. The van der Waals surface area contributed by atoms with E-state index in [9.17, 15) is 18.0 Å². The van der Waals surface area contributed by atoms with Crippen molar-refractivity contribution in [1.82, 2.24) is 20.1 Å². The molecule has 142 valence electrons. The quantitative estimate of drug-likeness (QED) is 0.634. The molecule has 0 spiro atoms. The number of hydrogen-bond donors (Lipinski definition) is 0. The van der Waals surface area contributed by atoms with Crippen molar-refractivity contribution in [2.75, 3.05) is 11.4 Å². The molecule has 0 aliphatic heterocycles. The van der Waals surface area contributed by atoms with Crippen LogP contribution in [0.2, 0.25) is 0 Å². The van der Waals surface area contributed by atoms with Gasteiger partial charge in [-0.15, -0.1) is 11.3 Å². The summed E-state index contributed by atoms with van der Waals surface area (Å²) in [7, 11) is 0. The summed E-state index contributed by atoms with van der Waals surface area (Å²) in [5, 5.41) is 5.36. The van der Waals surface area contributed by atoms with Crippen molar-refractivity contribution in [2.24, 2.45) is 0 Å². The highest BCUT2D eigenvalue weighted by Crippen LogP contribution is 2.26. The number of halogens is 3. The third-order valence-corrected chi connectivity index (χ3v) is 4.37. The van der Waals surface area contributed by atoms with E-state index in [1.165, 1.54) is 0 Å². The van der Waals surface area contributed by atoms with E-state index in [4.69, 9.17) is 4.52 Å². The summed E-state index contributed by atoms with van der Waals surface area (Å²) in [4.78, 5) is 25.2. The minimum atomic E-state index is -4.54. The SMILES string of the molecule is Cc1csc(N(CC(F)(F)F)C(=O)CCc2nc(-c3ccccn3)no2)n1. The maximum atomic E-state index is 12.8. The molecule has 3 aromatic rings. The zero-order valence-corrected chi connectivity index (χ0v) is 14.9. The molecule has 3 heterocycles. The number of carbonyl (C=O) groups is 1. The van der Waals surface area contributed by atoms with Crippen LogP contribution in [0.1, 0.15) is 18.0 Å². The molecule has 0 N–H and O–H groups in total. The van der Waals surface area contributed by atoms with E-state index in [0.29, 0.717) is 16.3 Å². The molecule has 0 saturated heterocycles. The molecule has 1 amide bonds.